The second-order valence-electron chi connectivity index (χ2n) is 7.91. The number of hydrogen-bond acceptors (Lipinski definition) is 5. The highest BCUT2D eigenvalue weighted by molar-refractivity contribution is 6.43. The summed E-state index contributed by atoms with van der Waals surface area (Å²) < 4.78 is 0. The highest BCUT2D eigenvalue weighted by Crippen LogP contribution is 2.49. The van der Waals surface area contributed by atoms with Crippen LogP contribution in [0.15, 0.2) is 24.4 Å². The zero-order valence-electron chi connectivity index (χ0n) is 14.8. The fraction of sp³-hybridized carbons (Fsp3) is 0.474. The summed E-state index contributed by atoms with van der Waals surface area (Å²) in [7, 11) is 0. The normalized spacial score (nSPS) is 27.8. The van der Waals surface area contributed by atoms with Crippen molar-refractivity contribution in [3.05, 3.63) is 34.4 Å². The Kier molecular flexibility index (Phi) is 4.49. The van der Waals surface area contributed by atoms with Gasteiger partial charge in [-0.1, -0.05) is 42.3 Å². The van der Waals surface area contributed by atoms with Gasteiger partial charge in [-0.2, -0.15) is 0 Å². The van der Waals surface area contributed by atoms with Crippen LogP contribution in [0.3, 0.4) is 0 Å². The highest BCUT2D eigenvalue weighted by Gasteiger charge is 2.46. The SMILES string of the molecule is C[C@@]1(CN)C[C@H]2CN(c3cnc(-c4cccc(Cl)c4Cl)c(N)n3)C[C@H]2C1. The number of hydrogen-bond donors (Lipinski definition) is 2. The zero-order valence-corrected chi connectivity index (χ0v) is 16.3. The second kappa shape index (κ2) is 6.55. The Morgan fingerprint density at radius 1 is 1.23 bits per heavy atom. The maximum Gasteiger partial charge on any atom is 0.152 e. The van der Waals surface area contributed by atoms with Crippen LogP contribution in [0.5, 0.6) is 0 Å². The first-order valence-electron chi connectivity index (χ1n) is 8.92. The number of rotatable bonds is 3. The van der Waals surface area contributed by atoms with Crippen molar-refractivity contribution in [1.29, 1.82) is 0 Å². The third-order valence-corrected chi connectivity index (χ3v) is 6.72. The number of halogens is 2. The van der Waals surface area contributed by atoms with Crippen molar-refractivity contribution >= 4 is 34.8 Å². The maximum atomic E-state index is 6.30. The average Bonchev–Trinajstić information content (AvgIpc) is 3.13. The van der Waals surface area contributed by atoms with E-state index in [0.717, 1.165) is 25.5 Å². The van der Waals surface area contributed by atoms with Crippen LogP contribution in [-0.4, -0.2) is 29.6 Å². The van der Waals surface area contributed by atoms with Crippen LogP contribution in [0.25, 0.3) is 11.3 Å². The minimum absolute atomic E-state index is 0.291. The van der Waals surface area contributed by atoms with Gasteiger partial charge in [0.1, 0.15) is 11.5 Å². The Balaban J connectivity index is 1.56. The first-order chi connectivity index (χ1) is 12.4. The summed E-state index contributed by atoms with van der Waals surface area (Å²) in [5.74, 6) is 2.55. The number of anilines is 2. The first-order valence-corrected chi connectivity index (χ1v) is 9.68. The lowest BCUT2D eigenvalue weighted by atomic mass is 9.87. The van der Waals surface area contributed by atoms with E-state index in [-0.39, 0.29) is 0 Å². The molecule has 4 N–H and O–H groups in total. The van der Waals surface area contributed by atoms with E-state index < -0.39 is 0 Å². The fourth-order valence-electron chi connectivity index (χ4n) is 4.54. The highest BCUT2D eigenvalue weighted by atomic mass is 35.5. The standard InChI is InChI=1S/C19H23Cl2N5/c1-19(10-22)5-11-8-26(9-12(11)6-19)15-7-24-17(18(23)25-15)13-3-2-4-14(20)16(13)21/h2-4,7,11-12H,5-6,8-10,22H2,1H3,(H2,23,25)/t11-,12+,19+. The molecule has 1 aliphatic heterocycles. The van der Waals surface area contributed by atoms with E-state index in [9.17, 15) is 0 Å². The van der Waals surface area contributed by atoms with Gasteiger partial charge in [0, 0.05) is 18.7 Å². The van der Waals surface area contributed by atoms with E-state index >= 15 is 0 Å². The van der Waals surface area contributed by atoms with Crippen LogP contribution < -0.4 is 16.4 Å². The van der Waals surface area contributed by atoms with Gasteiger partial charge in [-0.15, -0.1) is 0 Å². The van der Waals surface area contributed by atoms with Crippen molar-refractivity contribution in [2.24, 2.45) is 23.0 Å². The van der Waals surface area contributed by atoms with Crippen LogP contribution in [0.1, 0.15) is 19.8 Å². The smallest absolute Gasteiger partial charge is 0.152 e. The minimum Gasteiger partial charge on any atom is -0.382 e. The van der Waals surface area contributed by atoms with Gasteiger partial charge in [-0.3, -0.25) is 0 Å². The molecule has 1 aromatic heterocycles. The van der Waals surface area contributed by atoms with Crippen molar-refractivity contribution in [2.75, 3.05) is 30.3 Å². The molecule has 2 aromatic rings. The lowest BCUT2D eigenvalue weighted by molar-refractivity contribution is 0.324. The van der Waals surface area contributed by atoms with Crippen molar-refractivity contribution in [2.45, 2.75) is 19.8 Å². The van der Waals surface area contributed by atoms with Gasteiger partial charge >= 0.3 is 0 Å². The second-order valence-corrected chi connectivity index (χ2v) is 8.70. The molecule has 1 saturated heterocycles. The predicted molar refractivity (Wildman–Crippen MR) is 107 cm³/mol. The molecule has 2 aliphatic rings. The molecule has 0 amide bonds. The molecule has 5 nitrogen and oxygen atoms in total. The van der Waals surface area contributed by atoms with Crippen molar-refractivity contribution < 1.29 is 0 Å². The summed E-state index contributed by atoms with van der Waals surface area (Å²) in [4.78, 5) is 11.4. The minimum atomic E-state index is 0.291. The third kappa shape index (κ3) is 3.02. The lowest BCUT2D eigenvalue weighted by Gasteiger charge is -2.26. The summed E-state index contributed by atoms with van der Waals surface area (Å²) >= 11 is 12.4. The Morgan fingerprint density at radius 3 is 2.54 bits per heavy atom. The first kappa shape index (κ1) is 17.8. The van der Waals surface area contributed by atoms with Gasteiger partial charge in [0.05, 0.1) is 16.2 Å². The molecule has 0 unspecified atom stereocenters. The van der Waals surface area contributed by atoms with Gasteiger partial charge in [-0.25, -0.2) is 9.97 Å². The van der Waals surface area contributed by atoms with Crippen LogP contribution >= 0.6 is 23.2 Å². The number of benzene rings is 1. The van der Waals surface area contributed by atoms with Crippen LogP contribution in [0.4, 0.5) is 11.6 Å². The van der Waals surface area contributed by atoms with Gasteiger partial charge in [-0.05, 0) is 42.7 Å². The monoisotopic (exact) mass is 391 g/mol. The number of nitrogen functional groups attached to an aromatic ring is 1. The molecule has 2 fully saturated rings. The van der Waals surface area contributed by atoms with Crippen molar-refractivity contribution in [1.82, 2.24) is 9.97 Å². The van der Waals surface area contributed by atoms with Gasteiger partial charge in [0.15, 0.2) is 5.82 Å². The lowest BCUT2D eigenvalue weighted by Crippen LogP contribution is -2.29. The Morgan fingerprint density at radius 2 is 1.92 bits per heavy atom. The van der Waals surface area contributed by atoms with E-state index in [1.165, 1.54) is 12.8 Å². The number of aromatic nitrogens is 2. The molecule has 1 saturated carbocycles. The quantitative estimate of drug-likeness (QED) is 0.830. The van der Waals surface area contributed by atoms with Crippen LogP contribution in [0, 0.1) is 17.3 Å². The maximum absolute atomic E-state index is 6.30. The molecule has 7 heteroatoms. The van der Waals surface area contributed by atoms with Crippen molar-refractivity contribution in [3.8, 4) is 11.3 Å². The van der Waals surface area contributed by atoms with E-state index in [1.54, 1.807) is 12.3 Å². The Hall–Kier alpha value is -1.56. The summed E-state index contributed by atoms with van der Waals surface area (Å²) in [5, 5.41) is 0.921. The van der Waals surface area contributed by atoms with Crippen molar-refractivity contribution in [3.63, 3.8) is 0 Å². The zero-order chi connectivity index (χ0) is 18.5. The molecule has 1 aromatic carbocycles. The summed E-state index contributed by atoms with van der Waals surface area (Å²) in [6, 6.07) is 5.42. The molecule has 26 heavy (non-hydrogen) atoms. The van der Waals surface area contributed by atoms with Crippen LogP contribution in [0.2, 0.25) is 10.0 Å². The molecular formula is C19H23Cl2N5. The molecule has 138 valence electrons. The number of fused-ring (bicyclic) bond motifs is 1. The largest absolute Gasteiger partial charge is 0.382 e. The molecule has 0 bridgehead atoms. The molecule has 4 rings (SSSR count). The van der Waals surface area contributed by atoms with Gasteiger partial charge in [0.25, 0.3) is 0 Å². The predicted octanol–water partition coefficient (Wildman–Crippen LogP) is 3.84. The van der Waals surface area contributed by atoms with Crippen LogP contribution in [-0.2, 0) is 0 Å². The van der Waals surface area contributed by atoms with Gasteiger partial charge in [0.2, 0.25) is 0 Å². The van der Waals surface area contributed by atoms with E-state index in [2.05, 4.69) is 21.8 Å². The van der Waals surface area contributed by atoms with Gasteiger partial charge < -0.3 is 16.4 Å². The van der Waals surface area contributed by atoms with E-state index in [0.29, 0.717) is 44.4 Å². The Labute approximate surface area is 163 Å². The summed E-state index contributed by atoms with van der Waals surface area (Å²) in [5.41, 5.74) is 13.7. The average molecular weight is 392 g/mol. The molecule has 3 atom stereocenters. The molecule has 2 heterocycles. The fourth-order valence-corrected chi connectivity index (χ4v) is 4.93. The van der Waals surface area contributed by atoms with E-state index in [4.69, 9.17) is 34.7 Å². The summed E-state index contributed by atoms with van der Waals surface area (Å²) in [6.07, 6.45) is 4.15. The number of nitrogens with zero attached hydrogens (tertiary/aromatic N) is 3. The summed E-state index contributed by atoms with van der Waals surface area (Å²) in [6.45, 7) is 5.05. The third-order valence-electron chi connectivity index (χ3n) is 5.90. The van der Waals surface area contributed by atoms with E-state index in [1.807, 2.05) is 12.1 Å². The molecule has 0 spiro atoms. The number of nitrogens with two attached hydrogens (primary N) is 2. The topological polar surface area (TPSA) is 81.1 Å². The molecular weight excluding hydrogens is 369 g/mol. The Bertz CT molecular complexity index is 827. The molecule has 1 aliphatic carbocycles. The molecule has 0 radical (unpaired) electrons.